The molecule has 0 bridgehead atoms. The van der Waals surface area contributed by atoms with Gasteiger partial charge in [-0.05, 0) is 54.4 Å². The Morgan fingerprint density at radius 1 is 0.920 bits per heavy atom. The molecular formula is C18H23F3N2O2. The second-order valence-electron chi connectivity index (χ2n) is 5.12. The van der Waals surface area contributed by atoms with Crippen LogP contribution in [0.1, 0.15) is 16.7 Å². The van der Waals surface area contributed by atoms with Crippen molar-refractivity contribution in [2.45, 2.75) is 19.1 Å². The SMILES string of the molecule is COc1ccc(OC)c(CCN)c1.NCc1ccc(C(F)(F)F)cc1. The molecule has 138 valence electrons. The summed E-state index contributed by atoms with van der Waals surface area (Å²) in [6.45, 7) is 0.877. The van der Waals surface area contributed by atoms with Crippen LogP contribution in [0.2, 0.25) is 0 Å². The van der Waals surface area contributed by atoms with Crippen molar-refractivity contribution in [1.29, 1.82) is 0 Å². The molecular weight excluding hydrogens is 333 g/mol. The summed E-state index contributed by atoms with van der Waals surface area (Å²) in [6.07, 6.45) is -3.45. The van der Waals surface area contributed by atoms with Gasteiger partial charge in [-0.1, -0.05) is 12.1 Å². The number of hydrogen-bond acceptors (Lipinski definition) is 4. The molecule has 7 heteroatoms. The number of alkyl halides is 3. The van der Waals surface area contributed by atoms with Crippen LogP contribution in [-0.4, -0.2) is 20.8 Å². The van der Waals surface area contributed by atoms with Gasteiger partial charge in [0, 0.05) is 6.54 Å². The van der Waals surface area contributed by atoms with Crippen molar-refractivity contribution >= 4 is 0 Å². The van der Waals surface area contributed by atoms with E-state index in [-0.39, 0.29) is 6.54 Å². The highest BCUT2D eigenvalue weighted by molar-refractivity contribution is 5.40. The fourth-order valence-electron chi connectivity index (χ4n) is 2.06. The molecule has 2 aromatic rings. The van der Waals surface area contributed by atoms with Gasteiger partial charge in [-0.15, -0.1) is 0 Å². The van der Waals surface area contributed by atoms with E-state index in [1.807, 2.05) is 18.2 Å². The highest BCUT2D eigenvalue weighted by Crippen LogP contribution is 2.29. The Morgan fingerprint density at radius 3 is 2.00 bits per heavy atom. The van der Waals surface area contributed by atoms with E-state index in [4.69, 9.17) is 20.9 Å². The van der Waals surface area contributed by atoms with Gasteiger partial charge in [0.15, 0.2) is 0 Å². The first-order valence-corrected chi connectivity index (χ1v) is 7.62. The first kappa shape index (κ1) is 20.8. The van der Waals surface area contributed by atoms with Gasteiger partial charge >= 0.3 is 6.18 Å². The summed E-state index contributed by atoms with van der Waals surface area (Å²) in [6, 6.07) is 10.5. The molecule has 0 aliphatic heterocycles. The van der Waals surface area contributed by atoms with E-state index in [2.05, 4.69) is 0 Å². The van der Waals surface area contributed by atoms with Crippen LogP contribution in [0.3, 0.4) is 0 Å². The second-order valence-corrected chi connectivity index (χ2v) is 5.12. The summed E-state index contributed by atoms with van der Waals surface area (Å²) in [7, 11) is 3.30. The average Bonchev–Trinajstić information content (AvgIpc) is 2.61. The van der Waals surface area contributed by atoms with Crippen LogP contribution in [-0.2, 0) is 19.1 Å². The molecule has 0 spiro atoms. The smallest absolute Gasteiger partial charge is 0.416 e. The zero-order chi connectivity index (χ0) is 18.9. The van der Waals surface area contributed by atoms with Gasteiger partial charge in [0.25, 0.3) is 0 Å². The maximum Gasteiger partial charge on any atom is 0.416 e. The maximum atomic E-state index is 12.0. The van der Waals surface area contributed by atoms with Gasteiger partial charge in [0.2, 0.25) is 0 Å². The molecule has 0 aliphatic rings. The van der Waals surface area contributed by atoms with Crippen LogP contribution < -0.4 is 20.9 Å². The van der Waals surface area contributed by atoms with Gasteiger partial charge < -0.3 is 20.9 Å². The van der Waals surface area contributed by atoms with Gasteiger partial charge in [-0.3, -0.25) is 0 Å². The fourth-order valence-corrected chi connectivity index (χ4v) is 2.06. The van der Waals surface area contributed by atoms with Crippen LogP contribution in [0, 0.1) is 0 Å². The molecule has 0 amide bonds. The van der Waals surface area contributed by atoms with E-state index in [0.29, 0.717) is 12.1 Å². The van der Waals surface area contributed by atoms with Crippen molar-refractivity contribution in [3.8, 4) is 11.5 Å². The first-order valence-electron chi connectivity index (χ1n) is 7.62. The lowest BCUT2D eigenvalue weighted by atomic mass is 10.1. The van der Waals surface area contributed by atoms with E-state index in [0.717, 1.165) is 35.6 Å². The molecule has 0 unspecified atom stereocenters. The molecule has 0 atom stereocenters. The minimum absolute atomic E-state index is 0.262. The zero-order valence-electron chi connectivity index (χ0n) is 14.3. The molecule has 2 aromatic carbocycles. The highest BCUT2D eigenvalue weighted by Gasteiger charge is 2.29. The van der Waals surface area contributed by atoms with Crippen LogP contribution in [0.15, 0.2) is 42.5 Å². The number of nitrogens with two attached hydrogens (primary N) is 2. The minimum Gasteiger partial charge on any atom is -0.497 e. The molecule has 0 radical (unpaired) electrons. The lowest BCUT2D eigenvalue weighted by Gasteiger charge is -2.08. The number of benzene rings is 2. The Morgan fingerprint density at radius 2 is 1.56 bits per heavy atom. The van der Waals surface area contributed by atoms with Gasteiger partial charge in [0.05, 0.1) is 19.8 Å². The molecule has 4 nitrogen and oxygen atoms in total. The van der Waals surface area contributed by atoms with Gasteiger partial charge in [0.1, 0.15) is 11.5 Å². The standard InChI is InChI=1S/C10H15NO2.C8H8F3N/c1-12-9-3-4-10(13-2)8(7-9)5-6-11;9-8(10,11)7-3-1-6(5-12)2-4-7/h3-4,7H,5-6,11H2,1-2H3;1-4H,5,12H2. The minimum atomic E-state index is -4.26. The Balaban J connectivity index is 0.000000251. The molecule has 0 fully saturated rings. The largest absolute Gasteiger partial charge is 0.497 e. The third-order valence-electron chi connectivity index (χ3n) is 3.42. The van der Waals surface area contributed by atoms with Crippen LogP contribution in [0.4, 0.5) is 13.2 Å². The van der Waals surface area contributed by atoms with Crippen molar-refractivity contribution in [2.24, 2.45) is 11.5 Å². The average molecular weight is 356 g/mol. The summed E-state index contributed by atoms with van der Waals surface area (Å²) < 4.78 is 46.3. The van der Waals surface area contributed by atoms with Crippen LogP contribution in [0.5, 0.6) is 11.5 Å². The molecule has 0 heterocycles. The van der Waals surface area contributed by atoms with E-state index < -0.39 is 11.7 Å². The monoisotopic (exact) mass is 356 g/mol. The Labute approximate surface area is 145 Å². The lowest BCUT2D eigenvalue weighted by Crippen LogP contribution is -2.05. The molecule has 2 rings (SSSR count). The maximum absolute atomic E-state index is 12.0. The predicted octanol–water partition coefficient (Wildman–Crippen LogP) is 3.37. The fraction of sp³-hybridized carbons (Fsp3) is 0.333. The van der Waals surface area contributed by atoms with Crippen LogP contribution >= 0.6 is 0 Å². The Bertz CT molecular complexity index is 644. The van der Waals surface area contributed by atoms with Crippen molar-refractivity contribution < 1.29 is 22.6 Å². The van der Waals surface area contributed by atoms with E-state index in [1.54, 1.807) is 14.2 Å². The third kappa shape index (κ3) is 6.64. The Kier molecular flexibility index (Phi) is 8.24. The van der Waals surface area contributed by atoms with Crippen LogP contribution in [0.25, 0.3) is 0 Å². The van der Waals surface area contributed by atoms with Gasteiger partial charge in [-0.2, -0.15) is 13.2 Å². The molecule has 0 aromatic heterocycles. The molecule has 4 N–H and O–H groups in total. The normalized spacial score (nSPS) is 10.7. The van der Waals surface area contributed by atoms with E-state index in [9.17, 15) is 13.2 Å². The Hall–Kier alpha value is -2.25. The second kappa shape index (κ2) is 9.90. The number of rotatable bonds is 5. The van der Waals surface area contributed by atoms with Gasteiger partial charge in [-0.25, -0.2) is 0 Å². The summed E-state index contributed by atoms with van der Waals surface area (Å²) in [5.74, 6) is 1.70. The molecule has 0 aliphatic carbocycles. The number of ether oxygens (including phenoxy) is 2. The first-order chi connectivity index (χ1) is 11.8. The lowest BCUT2D eigenvalue weighted by molar-refractivity contribution is -0.137. The summed E-state index contributed by atoms with van der Waals surface area (Å²) >= 11 is 0. The summed E-state index contributed by atoms with van der Waals surface area (Å²) in [5.41, 5.74) is 11.9. The van der Waals surface area contributed by atoms with Crippen molar-refractivity contribution in [2.75, 3.05) is 20.8 Å². The van der Waals surface area contributed by atoms with Crippen molar-refractivity contribution in [3.63, 3.8) is 0 Å². The van der Waals surface area contributed by atoms with E-state index >= 15 is 0 Å². The third-order valence-corrected chi connectivity index (χ3v) is 3.42. The highest BCUT2D eigenvalue weighted by atomic mass is 19.4. The number of hydrogen-bond donors (Lipinski definition) is 2. The zero-order valence-corrected chi connectivity index (χ0v) is 14.3. The molecule has 25 heavy (non-hydrogen) atoms. The predicted molar refractivity (Wildman–Crippen MR) is 91.6 cm³/mol. The topological polar surface area (TPSA) is 70.5 Å². The van der Waals surface area contributed by atoms with Crippen molar-refractivity contribution in [1.82, 2.24) is 0 Å². The van der Waals surface area contributed by atoms with E-state index in [1.165, 1.54) is 12.1 Å². The number of methoxy groups -OCH3 is 2. The molecule has 0 saturated heterocycles. The quantitative estimate of drug-likeness (QED) is 0.862. The summed E-state index contributed by atoms with van der Waals surface area (Å²) in [4.78, 5) is 0. The summed E-state index contributed by atoms with van der Waals surface area (Å²) in [5, 5.41) is 0. The number of halogens is 3. The van der Waals surface area contributed by atoms with Crippen molar-refractivity contribution in [3.05, 3.63) is 59.2 Å². The molecule has 0 saturated carbocycles.